The van der Waals surface area contributed by atoms with Gasteiger partial charge in [0, 0.05) is 31.4 Å². The van der Waals surface area contributed by atoms with Crippen molar-refractivity contribution in [1.82, 2.24) is 5.32 Å². The van der Waals surface area contributed by atoms with Crippen LogP contribution < -0.4 is 10.2 Å². The Hall–Kier alpha value is -1.88. The van der Waals surface area contributed by atoms with Crippen molar-refractivity contribution >= 4 is 5.69 Å². The van der Waals surface area contributed by atoms with Gasteiger partial charge in [-0.25, -0.2) is 0 Å². The molecule has 4 nitrogen and oxygen atoms in total. The lowest BCUT2D eigenvalue weighted by Crippen LogP contribution is -2.43. The molecule has 0 radical (unpaired) electrons. The van der Waals surface area contributed by atoms with Crippen molar-refractivity contribution in [3.8, 4) is 11.1 Å². The summed E-state index contributed by atoms with van der Waals surface area (Å²) in [5.74, 6) is 0. The third kappa shape index (κ3) is 5.31. The fraction of sp³-hybridized carbons (Fsp3) is 0.455. The van der Waals surface area contributed by atoms with Crippen molar-refractivity contribution in [2.75, 3.05) is 44.4 Å². The molecule has 3 rings (SSSR count). The molecule has 0 atom stereocenters. The summed E-state index contributed by atoms with van der Waals surface area (Å²) in [6.07, 6.45) is 2.29. The zero-order valence-electron chi connectivity index (χ0n) is 15.7. The molecule has 1 heterocycles. The molecule has 0 aromatic heterocycles. The van der Waals surface area contributed by atoms with E-state index < -0.39 is 0 Å². The maximum atomic E-state index is 8.71. The molecule has 140 valence electrons. The number of aliphatic hydroxyl groups is 1. The first-order valence-corrected chi connectivity index (χ1v) is 9.60. The smallest absolute Gasteiger partial charge is 0.0698 e. The van der Waals surface area contributed by atoms with Crippen LogP contribution in [-0.2, 0) is 4.74 Å². The molecule has 2 aromatic carbocycles. The number of hydrogen-bond acceptors (Lipinski definition) is 4. The minimum Gasteiger partial charge on any atom is -0.394 e. The SMILES string of the molecule is Cc1cccc(-c2cccc(N3CCC(NCCOCCO)CC3)c2)c1. The van der Waals surface area contributed by atoms with Crippen molar-refractivity contribution in [1.29, 1.82) is 0 Å². The van der Waals surface area contributed by atoms with Crippen molar-refractivity contribution in [3.63, 3.8) is 0 Å². The Balaban J connectivity index is 1.52. The normalized spacial score (nSPS) is 15.4. The lowest BCUT2D eigenvalue weighted by atomic mass is 10.0. The molecule has 0 spiro atoms. The number of piperidine rings is 1. The molecular formula is C22H30N2O2. The summed E-state index contributed by atoms with van der Waals surface area (Å²) in [6, 6.07) is 18.1. The van der Waals surface area contributed by atoms with Gasteiger partial charge in [-0.1, -0.05) is 42.0 Å². The van der Waals surface area contributed by atoms with Crippen LogP contribution in [0.1, 0.15) is 18.4 Å². The number of ether oxygens (including phenoxy) is 1. The van der Waals surface area contributed by atoms with Crippen molar-refractivity contribution in [3.05, 3.63) is 54.1 Å². The molecule has 0 aliphatic carbocycles. The minimum absolute atomic E-state index is 0.0972. The van der Waals surface area contributed by atoms with Gasteiger partial charge in [0.05, 0.1) is 19.8 Å². The van der Waals surface area contributed by atoms with Crippen molar-refractivity contribution in [2.45, 2.75) is 25.8 Å². The molecule has 1 aliphatic rings. The number of nitrogens with zero attached hydrogens (tertiary/aromatic N) is 1. The zero-order valence-corrected chi connectivity index (χ0v) is 15.7. The van der Waals surface area contributed by atoms with E-state index in [1.165, 1.54) is 22.4 Å². The highest BCUT2D eigenvalue weighted by Gasteiger charge is 2.19. The average Bonchev–Trinajstić information content (AvgIpc) is 2.68. The van der Waals surface area contributed by atoms with Crippen LogP contribution in [0.4, 0.5) is 5.69 Å². The monoisotopic (exact) mass is 354 g/mol. The summed E-state index contributed by atoms with van der Waals surface area (Å²) in [7, 11) is 0. The first kappa shape index (κ1) is 18.9. The summed E-state index contributed by atoms with van der Waals surface area (Å²) >= 11 is 0. The van der Waals surface area contributed by atoms with Crippen LogP contribution in [0.15, 0.2) is 48.5 Å². The predicted octanol–water partition coefficient (Wildman–Crippen LogP) is 3.23. The summed E-state index contributed by atoms with van der Waals surface area (Å²) in [6.45, 7) is 6.34. The number of nitrogens with one attached hydrogen (secondary N) is 1. The van der Waals surface area contributed by atoms with Crippen LogP contribution in [-0.4, -0.2) is 50.6 Å². The van der Waals surface area contributed by atoms with E-state index in [2.05, 4.69) is 65.7 Å². The summed E-state index contributed by atoms with van der Waals surface area (Å²) in [5, 5.41) is 12.3. The molecular weight excluding hydrogens is 324 g/mol. The van der Waals surface area contributed by atoms with E-state index in [0.29, 0.717) is 19.3 Å². The van der Waals surface area contributed by atoms with E-state index in [9.17, 15) is 0 Å². The van der Waals surface area contributed by atoms with Gasteiger partial charge in [0.1, 0.15) is 0 Å². The van der Waals surface area contributed by atoms with Crippen LogP contribution >= 0.6 is 0 Å². The number of rotatable bonds is 8. The Morgan fingerprint density at radius 1 is 1.04 bits per heavy atom. The third-order valence-electron chi connectivity index (χ3n) is 4.97. The molecule has 26 heavy (non-hydrogen) atoms. The Bertz CT molecular complexity index is 681. The van der Waals surface area contributed by atoms with E-state index in [1.54, 1.807) is 0 Å². The maximum absolute atomic E-state index is 8.71. The molecule has 2 aromatic rings. The maximum Gasteiger partial charge on any atom is 0.0698 e. The van der Waals surface area contributed by atoms with Crippen molar-refractivity contribution in [2.24, 2.45) is 0 Å². The molecule has 0 saturated carbocycles. The van der Waals surface area contributed by atoms with Gasteiger partial charge in [-0.3, -0.25) is 0 Å². The fourth-order valence-corrected chi connectivity index (χ4v) is 3.55. The van der Waals surface area contributed by atoms with Gasteiger partial charge in [-0.05, 0) is 43.0 Å². The summed E-state index contributed by atoms with van der Waals surface area (Å²) in [4.78, 5) is 2.49. The Morgan fingerprint density at radius 3 is 2.50 bits per heavy atom. The molecule has 0 bridgehead atoms. The largest absolute Gasteiger partial charge is 0.394 e. The lowest BCUT2D eigenvalue weighted by molar-refractivity contribution is 0.0921. The second-order valence-electron chi connectivity index (χ2n) is 6.97. The van der Waals surface area contributed by atoms with Crippen LogP contribution in [0.25, 0.3) is 11.1 Å². The van der Waals surface area contributed by atoms with Crippen LogP contribution in [0.2, 0.25) is 0 Å². The molecule has 1 aliphatic heterocycles. The van der Waals surface area contributed by atoms with Crippen LogP contribution in [0.5, 0.6) is 0 Å². The van der Waals surface area contributed by atoms with Gasteiger partial charge in [-0.15, -0.1) is 0 Å². The minimum atomic E-state index is 0.0972. The quantitative estimate of drug-likeness (QED) is 0.715. The van der Waals surface area contributed by atoms with Gasteiger partial charge in [0.15, 0.2) is 0 Å². The second kappa shape index (κ2) is 9.72. The van der Waals surface area contributed by atoms with E-state index in [4.69, 9.17) is 9.84 Å². The fourth-order valence-electron chi connectivity index (χ4n) is 3.55. The van der Waals surface area contributed by atoms with Crippen LogP contribution in [0.3, 0.4) is 0 Å². The van der Waals surface area contributed by atoms with E-state index in [1.807, 2.05) is 0 Å². The van der Waals surface area contributed by atoms with Gasteiger partial charge in [-0.2, -0.15) is 0 Å². The van der Waals surface area contributed by atoms with E-state index in [-0.39, 0.29) is 6.61 Å². The summed E-state index contributed by atoms with van der Waals surface area (Å²) in [5.41, 5.74) is 5.18. The van der Waals surface area contributed by atoms with E-state index in [0.717, 1.165) is 32.5 Å². The van der Waals surface area contributed by atoms with Crippen LogP contribution in [0, 0.1) is 6.92 Å². The van der Waals surface area contributed by atoms with E-state index >= 15 is 0 Å². The second-order valence-corrected chi connectivity index (χ2v) is 6.97. The average molecular weight is 354 g/mol. The Labute approximate surface area is 156 Å². The first-order valence-electron chi connectivity index (χ1n) is 9.60. The first-order chi connectivity index (χ1) is 12.8. The molecule has 1 saturated heterocycles. The highest BCUT2D eigenvalue weighted by molar-refractivity contribution is 5.69. The number of anilines is 1. The van der Waals surface area contributed by atoms with Gasteiger partial charge in [0.25, 0.3) is 0 Å². The Kier molecular flexibility index (Phi) is 7.06. The van der Waals surface area contributed by atoms with Gasteiger partial charge < -0.3 is 20.1 Å². The third-order valence-corrected chi connectivity index (χ3v) is 4.97. The predicted molar refractivity (Wildman–Crippen MR) is 108 cm³/mol. The molecule has 1 fully saturated rings. The number of benzene rings is 2. The van der Waals surface area contributed by atoms with Gasteiger partial charge >= 0.3 is 0 Å². The molecule has 0 amide bonds. The zero-order chi connectivity index (χ0) is 18.2. The highest BCUT2D eigenvalue weighted by Crippen LogP contribution is 2.27. The lowest BCUT2D eigenvalue weighted by Gasteiger charge is -2.34. The molecule has 0 unspecified atom stereocenters. The number of aryl methyl sites for hydroxylation is 1. The number of aliphatic hydroxyl groups excluding tert-OH is 1. The standard InChI is InChI=1S/C22H30N2O2/c1-18-4-2-5-19(16-18)20-6-3-7-22(17-20)24-11-8-21(9-12-24)23-10-14-26-15-13-25/h2-7,16-17,21,23,25H,8-15H2,1H3. The topological polar surface area (TPSA) is 44.7 Å². The highest BCUT2D eigenvalue weighted by atomic mass is 16.5. The Morgan fingerprint density at radius 2 is 1.77 bits per heavy atom. The van der Waals surface area contributed by atoms with Crippen molar-refractivity contribution < 1.29 is 9.84 Å². The molecule has 4 heteroatoms. The number of hydrogen-bond donors (Lipinski definition) is 2. The van der Waals surface area contributed by atoms with Gasteiger partial charge in [0.2, 0.25) is 0 Å². The summed E-state index contributed by atoms with van der Waals surface area (Å²) < 4.78 is 5.30. The molecule has 2 N–H and O–H groups in total.